The Bertz CT molecular complexity index is 970. The van der Waals surface area contributed by atoms with Gasteiger partial charge in [-0.25, -0.2) is 9.37 Å². The van der Waals surface area contributed by atoms with Gasteiger partial charge in [-0.1, -0.05) is 54.2 Å². The Balaban J connectivity index is 1.41. The first-order chi connectivity index (χ1) is 14.7. The number of aromatic nitrogens is 2. The van der Waals surface area contributed by atoms with Gasteiger partial charge in [0.1, 0.15) is 5.82 Å². The van der Waals surface area contributed by atoms with E-state index in [2.05, 4.69) is 27.0 Å². The maximum atomic E-state index is 13.0. The van der Waals surface area contributed by atoms with E-state index in [9.17, 15) is 9.18 Å². The smallest absolute Gasteiger partial charge is 0.230 e. The molecule has 156 valence electrons. The highest BCUT2D eigenvalue weighted by molar-refractivity contribution is 7.99. The van der Waals surface area contributed by atoms with Gasteiger partial charge in [0, 0.05) is 13.2 Å². The van der Waals surface area contributed by atoms with Crippen LogP contribution in [0.1, 0.15) is 18.4 Å². The Labute approximate surface area is 179 Å². The monoisotopic (exact) mass is 425 g/mol. The number of amides is 1. The van der Waals surface area contributed by atoms with E-state index in [1.54, 1.807) is 12.1 Å². The van der Waals surface area contributed by atoms with Gasteiger partial charge in [0.25, 0.3) is 0 Å². The zero-order valence-corrected chi connectivity index (χ0v) is 17.4. The fraction of sp³-hybridized carbons (Fsp3) is 0.304. The number of imidazole rings is 1. The number of nitrogens with one attached hydrogen (secondary N) is 1. The van der Waals surface area contributed by atoms with E-state index >= 15 is 0 Å². The number of halogens is 1. The number of benzene rings is 2. The van der Waals surface area contributed by atoms with Gasteiger partial charge in [0.05, 0.1) is 30.3 Å². The standard InChI is InChI=1S/C23H24FN3O2S/c24-19-10-8-17(9-11-19)13-25-22(28)16-30-23-26-14-21(18-5-2-1-3-6-18)27(23)15-20-7-4-12-29-20/h1-3,5-6,8-11,14,20H,4,7,12-13,15-16H2,(H,25,28). The molecule has 4 rings (SSSR count). The summed E-state index contributed by atoms with van der Waals surface area (Å²) in [6.45, 7) is 1.90. The molecule has 7 heteroatoms. The molecule has 1 saturated heterocycles. The fourth-order valence-electron chi connectivity index (χ4n) is 3.47. The molecule has 2 heterocycles. The number of nitrogens with zero attached hydrogens (tertiary/aromatic N) is 2. The Morgan fingerprint density at radius 1 is 1.20 bits per heavy atom. The molecular formula is C23H24FN3O2S. The quantitative estimate of drug-likeness (QED) is 0.548. The number of hydrogen-bond acceptors (Lipinski definition) is 4. The first-order valence-electron chi connectivity index (χ1n) is 10.1. The lowest BCUT2D eigenvalue weighted by molar-refractivity contribution is -0.118. The molecule has 5 nitrogen and oxygen atoms in total. The van der Waals surface area contributed by atoms with Crippen LogP contribution in [0.2, 0.25) is 0 Å². The zero-order valence-electron chi connectivity index (χ0n) is 16.6. The first-order valence-corrected chi connectivity index (χ1v) is 11.0. The van der Waals surface area contributed by atoms with Gasteiger partial charge in [0.15, 0.2) is 5.16 Å². The van der Waals surface area contributed by atoms with Crippen LogP contribution in [0, 0.1) is 5.82 Å². The number of ether oxygens (including phenoxy) is 1. The minimum Gasteiger partial charge on any atom is -0.376 e. The van der Waals surface area contributed by atoms with Crippen molar-refractivity contribution in [2.24, 2.45) is 0 Å². The predicted molar refractivity (Wildman–Crippen MR) is 116 cm³/mol. The van der Waals surface area contributed by atoms with Crippen molar-refractivity contribution in [2.75, 3.05) is 12.4 Å². The molecule has 0 radical (unpaired) electrons. The topological polar surface area (TPSA) is 56.2 Å². The highest BCUT2D eigenvalue weighted by Crippen LogP contribution is 2.28. The molecule has 1 unspecified atom stereocenters. The van der Waals surface area contributed by atoms with Gasteiger partial charge in [-0.05, 0) is 36.1 Å². The highest BCUT2D eigenvalue weighted by Gasteiger charge is 2.21. The van der Waals surface area contributed by atoms with Crippen LogP contribution in [-0.4, -0.2) is 33.9 Å². The Kier molecular flexibility index (Phi) is 6.81. The third-order valence-electron chi connectivity index (χ3n) is 5.03. The van der Waals surface area contributed by atoms with E-state index in [4.69, 9.17) is 4.74 Å². The Hall–Kier alpha value is -2.64. The molecular weight excluding hydrogens is 401 g/mol. The predicted octanol–water partition coefficient (Wildman–Crippen LogP) is 4.28. The van der Waals surface area contributed by atoms with E-state index in [1.807, 2.05) is 24.4 Å². The van der Waals surface area contributed by atoms with Crippen LogP contribution in [0.3, 0.4) is 0 Å². The third-order valence-corrected chi connectivity index (χ3v) is 6.02. The third kappa shape index (κ3) is 5.29. The summed E-state index contributed by atoms with van der Waals surface area (Å²) in [4.78, 5) is 16.9. The number of hydrogen-bond donors (Lipinski definition) is 1. The van der Waals surface area contributed by atoms with Crippen molar-refractivity contribution in [3.05, 3.63) is 72.2 Å². The summed E-state index contributed by atoms with van der Waals surface area (Å²) >= 11 is 1.42. The average Bonchev–Trinajstić information content (AvgIpc) is 3.43. The van der Waals surface area contributed by atoms with E-state index in [0.717, 1.165) is 48.0 Å². The largest absolute Gasteiger partial charge is 0.376 e. The molecule has 1 aliphatic rings. The summed E-state index contributed by atoms with van der Waals surface area (Å²) in [5, 5.41) is 3.68. The number of carbonyl (C=O) groups excluding carboxylic acids is 1. The molecule has 1 atom stereocenters. The van der Waals surface area contributed by atoms with E-state index in [1.165, 1.54) is 23.9 Å². The van der Waals surface area contributed by atoms with Crippen LogP contribution < -0.4 is 5.32 Å². The lowest BCUT2D eigenvalue weighted by atomic mass is 10.1. The fourth-order valence-corrected chi connectivity index (χ4v) is 4.28. The molecule has 1 N–H and O–H groups in total. The van der Waals surface area contributed by atoms with Crippen molar-refractivity contribution < 1.29 is 13.9 Å². The summed E-state index contributed by atoms with van der Waals surface area (Å²) < 4.78 is 21.0. The molecule has 0 bridgehead atoms. The van der Waals surface area contributed by atoms with Crippen molar-refractivity contribution in [3.8, 4) is 11.3 Å². The maximum absolute atomic E-state index is 13.0. The summed E-state index contributed by atoms with van der Waals surface area (Å²) in [6, 6.07) is 16.3. The first kappa shape index (κ1) is 20.6. The molecule has 1 amide bonds. The van der Waals surface area contributed by atoms with Gasteiger partial charge >= 0.3 is 0 Å². The molecule has 3 aromatic rings. The number of thioether (sulfide) groups is 1. The van der Waals surface area contributed by atoms with Crippen LogP contribution in [0.25, 0.3) is 11.3 Å². The minimum absolute atomic E-state index is 0.0859. The van der Waals surface area contributed by atoms with Gasteiger partial charge in [0.2, 0.25) is 5.91 Å². The van der Waals surface area contributed by atoms with Crippen molar-refractivity contribution in [1.29, 1.82) is 0 Å². The van der Waals surface area contributed by atoms with Crippen LogP contribution >= 0.6 is 11.8 Å². The van der Waals surface area contributed by atoms with Crippen molar-refractivity contribution in [3.63, 3.8) is 0 Å². The molecule has 0 saturated carbocycles. The normalized spacial score (nSPS) is 16.0. The van der Waals surface area contributed by atoms with Gasteiger partial charge in [-0.2, -0.15) is 0 Å². The molecule has 1 fully saturated rings. The summed E-state index contributed by atoms with van der Waals surface area (Å²) in [7, 11) is 0. The molecule has 1 aliphatic heterocycles. The zero-order chi connectivity index (χ0) is 20.8. The second-order valence-corrected chi connectivity index (χ2v) is 8.17. The highest BCUT2D eigenvalue weighted by atomic mass is 32.2. The van der Waals surface area contributed by atoms with Crippen LogP contribution in [0.4, 0.5) is 4.39 Å². The van der Waals surface area contributed by atoms with Crippen molar-refractivity contribution >= 4 is 17.7 Å². The molecule has 0 aliphatic carbocycles. The van der Waals surface area contributed by atoms with Crippen molar-refractivity contribution in [1.82, 2.24) is 14.9 Å². The van der Waals surface area contributed by atoms with Crippen LogP contribution in [0.15, 0.2) is 66.0 Å². The maximum Gasteiger partial charge on any atom is 0.230 e. The molecule has 1 aromatic heterocycles. The average molecular weight is 426 g/mol. The van der Waals surface area contributed by atoms with Gasteiger partial charge in [-0.15, -0.1) is 0 Å². The van der Waals surface area contributed by atoms with E-state index in [-0.39, 0.29) is 23.6 Å². The number of carbonyl (C=O) groups is 1. The number of rotatable bonds is 8. The molecule has 2 aromatic carbocycles. The summed E-state index contributed by atoms with van der Waals surface area (Å²) in [5.41, 5.74) is 2.98. The summed E-state index contributed by atoms with van der Waals surface area (Å²) in [5.74, 6) is -0.108. The van der Waals surface area contributed by atoms with E-state index < -0.39 is 0 Å². The van der Waals surface area contributed by atoms with Gasteiger partial charge < -0.3 is 14.6 Å². The van der Waals surface area contributed by atoms with Crippen LogP contribution in [-0.2, 0) is 22.6 Å². The lowest BCUT2D eigenvalue weighted by Gasteiger charge is -2.16. The SMILES string of the molecule is O=C(CSc1ncc(-c2ccccc2)n1CC1CCCO1)NCc1ccc(F)cc1. The second-order valence-electron chi connectivity index (χ2n) is 7.23. The molecule has 0 spiro atoms. The minimum atomic E-state index is -0.284. The second kappa shape index (κ2) is 9.91. The van der Waals surface area contributed by atoms with Gasteiger partial charge in [-0.3, -0.25) is 4.79 Å². The Morgan fingerprint density at radius 3 is 2.73 bits per heavy atom. The van der Waals surface area contributed by atoms with E-state index in [0.29, 0.717) is 6.54 Å². The van der Waals surface area contributed by atoms with Crippen LogP contribution in [0.5, 0.6) is 0 Å². The Morgan fingerprint density at radius 2 is 2.00 bits per heavy atom. The summed E-state index contributed by atoms with van der Waals surface area (Å²) in [6.07, 6.45) is 4.15. The molecule has 30 heavy (non-hydrogen) atoms. The van der Waals surface area contributed by atoms with Crippen molar-refractivity contribution in [2.45, 2.75) is 37.2 Å². The lowest BCUT2D eigenvalue weighted by Crippen LogP contribution is -2.25.